The van der Waals surface area contributed by atoms with Crippen LogP contribution in [0.1, 0.15) is 27.5 Å². The number of phenols is 1. The van der Waals surface area contributed by atoms with Crippen LogP contribution in [0.3, 0.4) is 0 Å². The van der Waals surface area contributed by atoms with Crippen molar-refractivity contribution in [2.45, 2.75) is 19.1 Å². The Bertz CT molecular complexity index is 462. The lowest BCUT2D eigenvalue weighted by molar-refractivity contribution is -0.149. The Balaban J connectivity index is 0.00000289. The summed E-state index contributed by atoms with van der Waals surface area (Å²) in [6, 6.07) is -0.618. The molecule has 0 saturated heterocycles. The number of aromatic hydroxyl groups is 1. The summed E-state index contributed by atoms with van der Waals surface area (Å²) in [5.74, 6) is -2.02. The van der Waals surface area contributed by atoms with Gasteiger partial charge in [-0.15, -0.1) is 12.4 Å². The third-order valence-corrected chi connectivity index (χ3v) is 2.26. The standard InChI is InChI=1S/C10H10F3NO3.ClH/c1-4-2-5(9(16)17)3-6(7(4)15)8(14)10(11,12)13;/h2-3,8,15H,14H2,1H3,(H,16,17);1H/t8-;/m0./s1. The van der Waals surface area contributed by atoms with Crippen LogP contribution in [-0.2, 0) is 0 Å². The van der Waals surface area contributed by atoms with Crippen LogP contribution in [0.25, 0.3) is 0 Å². The number of carboxylic acid groups (broad SMARTS) is 1. The van der Waals surface area contributed by atoms with Crippen molar-refractivity contribution in [2.24, 2.45) is 5.73 Å². The first-order valence-corrected chi connectivity index (χ1v) is 4.53. The van der Waals surface area contributed by atoms with Crippen molar-refractivity contribution in [3.63, 3.8) is 0 Å². The van der Waals surface area contributed by atoms with E-state index in [4.69, 9.17) is 10.8 Å². The average molecular weight is 286 g/mol. The van der Waals surface area contributed by atoms with Crippen molar-refractivity contribution in [3.05, 3.63) is 28.8 Å². The molecular formula is C10H11ClF3NO3. The number of hydrogen-bond donors (Lipinski definition) is 3. The summed E-state index contributed by atoms with van der Waals surface area (Å²) in [6.07, 6.45) is -4.75. The molecule has 1 atom stereocenters. The fourth-order valence-electron chi connectivity index (χ4n) is 1.34. The number of carboxylic acids is 1. The van der Waals surface area contributed by atoms with Gasteiger partial charge in [0.2, 0.25) is 0 Å². The second-order valence-corrected chi connectivity index (χ2v) is 3.56. The molecule has 0 saturated carbocycles. The van der Waals surface area contributed by atoms with E-state index in [1.54, 1.807) is 0 Å². The van der Waals surface area contributed by atoms with Gasteiger partial charge in [-0.05, 0) is 24.6 Å². The lowest BCUT2D eigenvalue weighted by atomic mass is 9.99. The SMILES string of the molecule is Cc1cc(C(=O)O)cc([C@H](N)C(F)(F)F)c1O.Cl. The van der Waals surface area contributed by atoms with Crippen molar-refractivity contribution >= 4 is 18.4 Å². The second-order valence-electron chi connectivity index (χ2n) is 3.56. The maximum Gasteiger partial charge on any atom is 0.407 e. The molecule has 1 aromatic carbocycles. The van der Waals surface area contributed by atoms with Crippen LogP contribution in [0.2, 0.25) is 0 Å². The fraction of sp³-hybridized carbons (Fsp3) is 0.300. The molecule has 0 aliphatic heterocycles. The Morgan fingerprint density at radius 1 is 1.39 bits per heavy atom. The summed E-state index contributed by atoms with van der Waals surface area (Å²) in [5, 5.41) is 18.2. The smallest absolute Gasteiger partial charge is 0.407 e. The van der Waals surface area contributed by atoms with Gasteiger partial charge < -0.3 is 15.9 Å². The number of nitrogens with two attached hydrogens (primary N) is 1. The zero-order valence-electron chi connectivity index (χ0n) is 9.15. The molecule has 1 rings (SSSR count). The predicted molar refractivity (Wildman–Crippen MR) is 60.0 cm³/mol. The number of aryl methyl sites for hydroxylation is 1. The topological polar surface area (TPSA) is 83.5 Å². The van der Waals surface area contributed by atoms with Crippen LogP contribution < -0.4 is 5.73 Å². The van der Waals surface area contributed by atoms with Crippen molar-refractivity contribution in [1.29, 1.82) is 0 Å². The van der Waals surface area contributed by atoms with E-state index in [9.17, 15) is 23.1 Å². The molecule has 0 fully saturated rings. The molecule has 4 N–H and O–H groups in total. The molecule has 0 aliphatic rings. The highest BCUT2D eigenvalue weighted by Gasteiger charge is 2.39. The van der Waals surface area contributed by atoms with E-state index in [0.29, 0.717) is 0 Å². The average Bonchev–Trinajstić information content (AvgIpc) is 2.19. The maximum absolute atomic E-state index is 12.4. The molecule has 0 heterocycles. The molecule has 102 valence electrons. The first kappa shape index (κ1) is 16.5. The van der Waals surface area contributed by atoms with Crippen molar-refractivity contribution in [2.75, 3.05) is 0 Å². The minimum Gasteiger partial charge on any atom is -0.507 e. The molecule has 0 amide bonds. The van der Waals surface area contributed by atoms with Crippen LogP contribution >= 0.6 is 12.4 Å². The quantitative estimate of drug-likeness (QED) is 0.779. The maximum atomic E-state index is 12.4. The van der Waals surface area contributed by atoms with Crippen LogP contribution in [-0.4, -0.2) is 22.4 Å². The number of carbonyl (C=O) groups is 1. The Hall–Kier alpha value is -1.47. The number of rotatable bonds is 2. The van der Waals surface area contributed by atoms with E-state index in [1.807, 2.05) is 0 Å². The third kappa shape index (κ3) is 3.27. The second kappa shape index (κ2) is 5.45. The number of aromatic carboxylic acids is 1. The van der Waals surface area contributed by atoms with E-state index in [0.717, 1.165) is 12.1 Å². The third-order valence-electron chi connectivity index (χ3n) is 2.26. The monoisotopic (exact) mass is 285 g/mol. The number of benzene rings is 1. The normalized spacial score (nSPS) is 12.7. The number of alkyl halides is 3. The van der Waals surface area contributed by atoms with Gasteiger partial charge in [0, 0.05) is 5.56 Å². The van der Waals surface area contributed by atoms with Gasteiger partial charge in [-0.1, -0.05) is 0 Å². The van der Waals surface area contributed by atoms with Gasteiger partial charge in [-0.25, -0.2) is 4.79 Å². The highest BCUT2D eigenvalue weighted by Crippen LogP contribution is 2.37. The van der Waals surface area contributed by atoms with Gasteiger partial charge in [0.15, 0.2) is 0 Å². The predicted octanol–water partition coefficient (Wildman–Crippen LogP) is 2.38. The summed E-state index contributed by atoms with van der Waals surface area (Å²) in [6.45, 7) is 1.30. The summed E-state index contributed by atoms with van der Waals surface area (Å²) in [7, 11) is 0. The summed E-state index contributed by atoms with van der Waals surface area (Å²) in [4.78, 5) is 10.7. The fourth-order valence-corrected chi connectivity index (χ4v) is 1.34. The number of hydrogen-bond acceptors (Lipinski definition) is 3. The molecule has 0 bridgehead atoms. The van der Waals surface area contributed by atoms with Crippen LogP contribution in [0.15, 0.2) is 12.1 Å². The van der Waals surface area contributed by atoms with Crippen LogP contribution in [0.4, 0.5) is 13.2 Å². The van der Waals surface area contributed by atoms with Gasteiger partial charge >= 0.3 is 12.1 Å². The Morgan fingerprint density at radius 3 is 2.28 bits per heavy atom. The number of phenolic OH excluding ortho intramolecular Hbond substituents is 1. The lowest BCUT2D eigenvalue weighted by Crippen LogP contribution is -2.28. The van der Waals surface area contributed by atoms with Gasteiger partial charge in [-0.2, -0.15) is 13.2 Å². The van der Waals surface area contributed by atoms with Gasteiger partial charge in [0.05, 0.1) is 5.56 Å². The van der Waals surface area contributed by atoms with E-state index in [1.165, 1.54) is 6.92 Å². The van der Waals surface area contributed by atoms with E-state index < -0.39 is 29.5 Å². The van der Waals surface area contributed by atoms with Crippen molar-refractivity contribution in [3.8, 4) is 5.75 Å². The van der Waals surface area contributed by atoms with Gasteiger partial charge in [-0.3, -0.25) is 0 Å². The Labute approximate surface area is 107 Å². The minimum atomic E-state index is -4.75. The molecule has 18 heavy (non-hydrogen) atoms. The van der Waals surface area contributed by atoms with E-state index >= 15 is 0 Å². The summed E-state index contributed by atoms with van der Waals surface area (Å²) in [5.41, 5.74) is 3.96. The molecule has 0 spiro atoms. The number of halogens is 4. The molecule has 4 nitrogen and oxygen atoms in total. The Kier molecular flexibility index (Phi) is 5.00. The van der Waals surface area contributed by atoms with Crippen molar-refractivity contribution < 1.29 is 28.2 Å². The Morgan fingerprint density at radius 2 is 1.89 bits per heavy atom. The van der Waals surface area contributed by atoms with E-state index in [2.05, 4.69) is 0 Å². The first-order chi connectivity index (χ1) is 7.64. The minimum absolute atomic E-state index is 0. The molecule has 0 aromatic heterocycles. The summed E-state index contributed by atoms with van der Waals surface area (Å²) >= 11 is 0. The van der Waals surface area contributed by atoms with Crippen molar-refractivity contribution in [1.82, 2.24) is 0 Å². The zero-order valence-corrected chi connectivity index (χ0v) is 9.97. The largest absolute Gasteiger partial charge is 0.507 e. The zero-order chi connectivity index (χ0) is 13.4. The lowest BCUT2D eigenvalue weighted by Gasteiger charge is -2.18. The molecule has 8 heteroatoms. The molecule has 0 unspecified atom stereocenters. The van der Waals surface area contributed by atoms with Crippen LogP contribution in [0.5, 0.6) is 5.75 Å². The molecule has 1 aromatic rings. The first-order valence-electron chi connectivity index (χ1n) is 4.53. The highest BCUT2D eigenvalue weighted by atomic mass is 35.5. The molecule has 0 radical (unpaired) electrons. The van der Waals surface area contributed by atoms with Crippen LogP contribution in [0, 0.1) is 6.92 Å². The van der Waals surface area contributed by atoms with Gasteiger partial charge in [0.1, 0.15) is 11.8 Å². The summed E-state index contributed by atoms with van der Waals surface area (Å²) < 4.78 is 37.2. The van der Waals surface area contributed by atoms with Gasteiger partial charge in [0.25, 0.3) is 0 Å². The highest BCUT2D eigenvalue weighted by molar-refractivity contribution is 5.88. The molecule has 0 aliphatic carbocycles. The van der Waals surface area contributed by atoms with E-state index in [-0.39, 0.29) is 23.5 Å². The molecular weight excluding hydrogens is 275 g/mol.